The molecular formula is C15H17F2N3. The molecule has 2 aromatic rings. The van der Waals surface area contributed by atoms with Gasteiger partial charge in [0.2, 0.25) is 5.95 Å². The van der Waals surface area contributed by atoms with Gasteiger partial charge in [0.15, 0.2) is 11.6 Å². The number of nitrogens with zero attached hydrogens (tertiary/aromatic N) is 2. The highest BCUT2D eigenvalue weighted by Crippen LogP contribution is 2.27. The van der Waals surface area contributed by atoms with Gasteiger partial charge in [-0.1, -0.05) is 13.0 Å². The molecule has 5 heteroatoms. The first-order chi connectivity index (χ1) is 9.54. The maximum Gasteiger partial charge on any atom is 0.223 e. The lowest BCUT2D eigenvalue weighted by Gasteiger charge is -2.10. The van der Waals surface area contributed by atoms with Crippen LogP contribution >= 0.6 is 0 Å². The molecule has 0 bridgehead atoms. The molecule has 0 atom stereocenters. The van der Waals surface area contributed by atoms with E-state index >= 15 is 0 Å². The molecule has 1 aromatic heterocycles. The summed E-state index contributed by atoms with van der Waals surface area (Å²) in [5, 5.41) is 3.04. The molecule has 0 radical (unpaired) electrons. The maximum absolute atomic E-state index is 14.1. The quantitative estimate of drug-likeness (QED) is 0.922. The number of benzene rings is 1. The molecule has 0 saturated carbocycles. The van der Waals surface area contributed by atoms with Crippen molar-refractivity contribution in [2.45, 2.75) is 27.2 Å². The summed E-state index contributed by atoms with van der Waals surface area (Å²) >= 11 is 0. The Morgan fingerprint density at radius 3 is 2.55 bits per heavy atom. The standard InChI is InChI=1S/C15H17F2N3/c1-4-7-18-15-19-8-10(3)14(20-15)11-6-5-9(2)12(16)13(11)17/h5-6,8H,4,7H2,1-3H3,(H,18,19,20). The monoisotopic (exact) mass is 277 g/mol. The van der Waals surface area contributed by atoms with E-state index in [4.69, 9.17) is 0 Å². The van der Waals surface area contributed by atoms with E-state index in [0.29, 0.717) is 17.2 Å². The van der Waals surface area contributed by atoms with E-state index in [-0.39, 0.29) is 11.1 Å². The molecule has 3 nitrogen and oxygen atoms in total. The second-order valence-electron chi connectivity index (χ2n) is 4.71. The highest BCUT2D eigenvalue weighted by molar-refractivity contribution is 5.65. The Morgan fingerprint density at radius 1 is 1.10 bits per heavy atom. The first-order valence-electron chi connectivity index (χ1n) is 6.57. The van der Waals surface area contributed by atoms with Gasteiger partial charge in [-0.2, -0.15) is 0 Å². The van der Waals surface area contributed by atoms with Crippen LogP contribution in [0.4, 0.5) is 14.7 Å². The maximum atomic E-state index is 14.1. The Kier molecular flexibility index (Phi) is 4.27. The molecule has 0 aliphatic heterocycles. The largest absolute Gasteiger partial charge is 0.354 e. The van der Waals surface area contributed by atoms with Crippen molar-refractivity contribution in [1.82, 2.24) is 9.97 Å². The molecule has 20 heavy (non-hydrogen) atoms. The van der Waals surface area contributed by atoms with Crippen molar-refractivity contribution in [3.63, 3.8) is 0 Å². The van der Waals surface area contributed by atoms with Crippen LogP contribution in [-0.2, 0) is 0 Å². The molecule has 2 rings (SSSR count). The number of nitrogens with one attached hydrogen (secondary N) is 1. The molecule has 0 saturated heterocycles. The van der Waals surface area contributed by atoms with E-state index in [1.54, 1.807) is 25.3 Å². The number of hydrogen-bond acceptors (Lipinski definition) is 3. The van der Waals surface area contributed by atoms with E-state index in [0.717, 1.165) is 13.0 Å². The summed E-state index contributed by atoms with van der Waals surface area (Å²) in [7, 11) is 0. The number of halogens is 2. The van der Waals surface area contributed by atoms with Crippen LogP contribution in [0.2, 0.25) is 0 Å². The SMILES string of the molecule is CCCNc1ncc(C)c(-c2ccc(C)c(F)c2F)n1. The molecular weight excluding hydrogens is 260 g/mol. The molecule has 0 aliphatic rings. The van der Waals surface area contributed by atoms with Crippen molar-refractivity contribution in [2.24, 2.45) is 0 Å². The molecule has 1 N–H and O–H groups in total. The molecule has 0 fully saturated rings. The van der Waals surface area contributed by atoms with Crippen LogP contribution in [0.15, 0.2) is 18.3 Å². The van der Waals surface area contributed by atoms with Gasteiger partial charge >= 0.3 is 0 Å². The minimum atomic E-state index is -0.867. The van der Waals surface area contributed by atoms with Gasteiger partial charge in [-0.15, -0.1) is 0 Å². The van der Waals surface area contributed by atoms with Gasteiger partial charge in [-0.25, -0.2) is 18.7 Å². The predicted octanol–water partition coefficient (Wildman–Crippen LogP) is 3.86. The number of aromatic nitrogens is 2. The molecule has 1 aromatic carbocycles. The van der Waals surface area contributed by atoms with Gasteiger partial charge in [-0.05, 0) is 37.5 Å². The summed E-state index contributed by atoms with van der Waals surface area (Å²) in [6.45, 7) is 6.06. The summed E-state index contributed by atoms with van der Waals surface area (Å²) in [5.41, 5.74) is 1.55. The normalized spacial score (nSPS) is 10.7. The van der Waals surface area contributed by atoms with Gasteiger partial charge in [-0.3, -0.25) is 0 Å². The zero-order valence-electron chi connectivity index (χ0n) is 11.8. The first-order valence-corrected chi connectivity index (χ1v) is 6.57. The molecule has 106 valence electrons. The van der Waals surface area contributed by atoms with Gasteiger partial charge in [0.25, 0.3) is 0 Å². The van der Waals surface area contributed by atoms with Crippen molar-refractivity contribution >= 4 is 5.95 Å². The zero-order valence-corrected chi connectivity index (χ0v) is 11.8. The van der Waals surface area contributed by atoms with Crippen LogP contribution in [-0.4, -0.2) is 16.5 Å². The fourth-order valence-electron chi connectivity index (χ4n) is 1.87. The fourth-order valence-corrected chi connectivity index (χ4v) is 1.87. The average molecular weight is 277 g/mol. The van der Waals surface area contributed by atoms with Crippen LogP contribution in [0, 0.1) is 25.5 Å². The Morgan fingerprint density at radius 2 is 1.85 bits per heavy atom. The Labute approximate surface area is 117 Å². The smallest absolute Gasteiger partial charge is 0.223 e. The van der Waals surface area contributed by atoms with Crippen LogP contribution in [0.1, 0.15) is 24.5 Å². The van der Waals surface area contributed by atoms with E-state index in [1.165, 1.54) is 6.92 Å². The predicted molar refractivity (Wildman–Crippen MR) is 75.6 cm³/mol. The van der Waals surface area contributed by atoms with Crippen molar-refractivity contribution in [2.75, 3.05) is 11.9 Å². The summed E-state index contributed by atoms with van der Waals surface area (Å²) in [5.74, 6) is -1.27. The van der Waals surface area contributed by atoms with E-state index < -0.39 is 11.6 Å². The van der Waals surface area contributed by atoms with Gasteiger partial charge in [0.05, 0.1) is 5.69 Å². The molecule has 0 aliphatic carbocycles. The van der Waals surface area contributed by atoms with Crippen LogP contribution < -0.4 is 5.32 Å². The van der Waals surface area contributed by atoms with Crippen LogP contribution in [0.3, 0.4) is 0 Å². The van der Waals surface area contributed by atoms with Crippen molar-refractivity contribution < 1.29 is 8.78 Å². The highest BCUT2D eigenvalue weighted by Gasteiger charge is 2.16. The summed E-state index contributed by atoms with van der Waals surface area (Å²) in [4.78, 5) is 8.42. The molecule has 0 amide bonds. The summed E-state index contributed by atoms with van der Waals surface area (Å²) in [6, 6.07) is 3.10. The lowest BCUT2D eigenvalue weighted by atomic mass is 10.0. The Hall–Kier alpha value is -2.04. The van der Waals surface area contributed by atoms with Gasteiger partial charge in [0, 0.05) is 18.3 Å². The summed E-state index contributed by atoms with van der Waals surface area (Å²) < 4.78 is 27.7. The van der Waals surface area contributed by atoms with Gasteiger partial charge in [0.1, 0.15) is 0 Å². The van der Waals surface area contributed by atoms with Crippen molar-refractivity contribution in [3.05, 3.63) is 41.1 Å². The lowest BCUT2D eigenvalue weighted by molar-refractivity contribution is 0.505. The third kappa shape index (κ3) is 2.76. The number of anilines is 1. The van der Waals surface area contributed by atoms with Crippen LogP contribution in [0.25, 0.3) is 11.3 Å². The third-order valence-corrected chi connectivity index (χ3v) is 3.04. The zero-order chi connectivity index (χ0) is 14.7. The van der Waals surface area contributed by atoms with Crippen molar-refractivity contribution in [1.29, 1.82) is 0 Å². The average Bonchev–Trinajstić information content (AvgIpc) is 2.45. The van der Waals surface area contributed by atoms with Gasteiger partial charge < -0.3 is 5.32 Å². The Balaban J connectivity index is 2.49. The highest BCUT2D eigenvalue weighted by atomic mass is 19.2. The number of hydrogen-bond donors (Lipinski definition) is 1. The summed E-state index contributed by atoms with van der Waals surface area (Å²) in [6.07, 6.45) is 2.54. The number of aryl methyl sites for hydroxylation is 2. The Bertz CT molecular complexity index is 627. The fraction of sp³-hybridized carbons (Fsp3) is 0.333. The van der Waals surface area contributed by atoms with E-state index in [9.17, 15) is 8.78 Å². The number of rotatable bonds is 4. The van der Waals surface area contributed by atoms with Crippen LogP contribution in [0.5, 0.6) is 0 Å². The van der Waals surface area contributed by atoms with Crippen molar-refractivity contribution in [3.8, 4) is 11.3 Å². The first kappa shape index (κ1) is 14.4. The minimum Gasteiger partial charge on any atom is -0.354 e. The second kappa shape index (κ2) is 5.94. The molecule has 0 spiro atoms. The van der Waals surface area contributed by atoms with E-state index in [1.807, 2.05) is 6.92 Å². The lowest BCUT2D eigenvalue weighted by Crippen LogP contribution is -2.06. The minimum absolute atomic E-state index is 0.160. The topological polar surface area (TPSA) is 37.8 Å². The second-order valence-corrected chi connectivity index (χ2v) is 4.71. The third-order valence-electron chi connectivity index (χ3n) is 3.04. The van der Waals surface area contributed by atoms with E-state index in [2.05, 4.69) is 15.3 Å². The molecule has 1 heterocycles. The molecule has 0 unspecified atom stereocenters.